The van der Waals surface area contributed by atoms with Crippen LogP contribution in [-0.4, -0.2) is 38.3 Å². The van der Waals surface area contributed by atoms with Crippen LogP contribution < -0.4 is 4.90 Å². The number of aromatic nitrogens is 2. The Kier molecular flexibility index (Phi) is 3.84. The molecule has 116 valence electrons. The van der Waals surface area contributed by atoms with Crippen LogP contribution in [0.2, 0.25) is 0 Å². The zero-order valence-corrected chi connectivity index (χ0v) is 12.3. The van der Waals surface area contributed by atoms with Gasteiger partial charge in [0, 0.05) is 19.6 Å². The molecule has 1 aliphatic heterocycles. The summed E-state index contributed by atoms with van der Waals surface area (Å²) in [7, 11) is 1.78. The molecule has 1 aromatic rings. The van der Waals surface area contributed by atoms with Crippen LogP contribution in [-0.2, 0) is 7.05 Å². The lowest BCUT2D eigenvalue weighted by Crippen LogP contribution is -2.38. The quantitative estimate of drug-likeness (QED) is 0.679. The van der Waals surface area contributed by atoms with Gasteiger partial charge in [-0.3, -0.25) is 4.57 Å². The molecule has 7 nitrogen and oxygen atoms in total. The number of hydrogen-bond acceptors (Lipinski definition) is 5. The normalized spacial score (nSPS) is 27.2. The average Bonchev–Trinajstić information content (AvgIpc) is 3.02. The number of nitro groups is 1. The lowest BCUT2D eigenvalue weighted by atomic mass is 9.83. The van der Waals surface area contributed by atoms with E-state index in [4.69, 9.17) is 0 Å². The molecule has 2 atom stereocenters. The van der Waals surface area contributed by atoms with Gasteiger partial charge in [-0.25, -0.2) is 0 Å². The van der Waals surface area contributed by atoms with Crippen molar-refractivity contribution in [1.29, 1.82) is 0 Å². The van der Waals surface area contributed by atoms with Crippen molar-refractivity contribution in [2.45, 2.75) is 50.7 Å². The molecule has 1 aliphatic carbocycles. The molecular weight excluding hydrogens is 272 g/mol. The minimum atomic E-state index is -0.433. The first-order valence-electron chi connectivity index (χ1n) is 7.68. The summed E-state index contributed by atoms with van der Waals surface area (Å²) < 4.78 is 1.70. The van der Waals surface area contributed by atoms with E-state index in [-0.39, 0.29) is 11.9 Å². The number of imidazole rings is 1. The second kappa shape index (κ2) is 5.63. The number of nitrogens with zero attached hydrogens (tertiary/aromatic N) is 4. The van der Waals surface area contributed by atoms with Crippen LogP contribution in [0, 0.1) is 16.0 Å². The highest BCUT2D eigenvalue weighted by atomic mass is 16.6. The number of rotatable bonds is 3. The second-order valence-corrected chi connectivity index (χ2v) is 6.27. The number of aliphatic hydroxyl groups is 1. The molecule has 1 aromatic heterocycles. The highest BCUT2D eigenvalue weighted by molar-refractivity contribution is 5.56. The van der Waals surface area contributed by atoms with Crippen LogP contribution in [0.5, 0.6) is 0 Å². The number of aryl methyl sites for hydroxylation is 1. The lowest BCUT2D eigenvalue weighted by molar-refractivity contribution is -0.388. The first-order valence-corrected chi connectivity index (χ1v) is 7.68. The Hall–Kier alpha value is -1.63. The van der Waals surface area contributed by atoms with E-state index in [1.54, 1.807) is 11.6 Å². The zero-order valence-electron chi connectivity index (χ0n) is 12.3. The fourth-order valence-electron chi connectivity index (χ4n) is 3.92. The summed E-state index contributed by atoms with van der Waals surface area (Å²) >= 11 is 0. The fourth-order valence-corrected chi connectivity index (χ4v) is 3.92. The molecule has 2 fully saturated rings. The molecule has 2 aliphatic rings. The van der Waals surface area contributed by atoms with E-state index in [2.05, 4.69) is 4.98 Å². The number of anilines is 1. The van der Waals surface area contributed by atoms with Gasteiger partial charge in [-0.1, -0.05) is 19.3 Å². The minimum absolute atomic E-state index is 0.104. The predicted molar refractivity (Wildman–Crippen MR) is 78.2 cm³/mol. The summed E-state index contributed by atoms with van der Waals surface area (Å²) in [5, 5.41) is 21.3. The van der Waals surface area contributed by atoms with Gasteiger partial charge in [0.2, 0.25) is 12.1 Å². The summed E-state index contributed by atoms with van der Waals surface area (Å²) in [6, 6.07) is 0.189. The largest absolute Gasteiger partial charge is 0.406 e. The number of β-amino-alcohol motifs (C(OH)–C–C–N with tert-alkyl or cyclic N) is 1. The van der Waals surface area contributed by atoms with Gasteiger partial charge in [0.05, 0.1) is 6.10 Å². The van der Waals surface area contributed by atoms with Crippen molar-refractivity contribution in [3.05, 3.63) is 16.4 Å². The standard InChI is InChI=1S/C14H22N4O3/c1-16-9-15-13(18(20)21)14(16)17-8-11(19)7-12(17)10-5-3-2-4-6-10/h9-12,19H,2-8H2,1H3/t11-,12+/m0/s1. The summed E-state index contributed by atoms with van der Waals surface area (Å²) in [6.07, 6.45) is 7.79. The molecule has 0 unspecified atom stereocenters. The monoisotopic (exact) mass is 294 g/mol. The molecule has 3 rings (SSSR count). The fraction of sp³-hybridized carbons (Fsp3) is 0.786. The maximum Gasteiger partial charge on any atom is 0.406 e. The van der Waals surface area contributed by atoms with Crippen LogP contribution in [0.25, 0.3) is 0 Å². The Morgan fingerprint density at radius 2 is 2.10 bits per heavy atom. The van der Waals surface area contributed by atoms with Crippen molar-refractivity contribution in [2.75, 3.05) is 11.4 Å². The van der Waals surface area contributed by atoms with Gasteiger partial charge in [-0.05, 0) is 35.1 Å². The van der Waals surface area contributed by atoms with E-state index in [1.165, 1.54) is 25.6 Å². The second-order valence-electron chi connectivity index (χ2n) is 6.27. The van der Waals surface area contributed by atoms with Crippen molar-refractivity contribution in [3.8, 4) is 0 Å². The van der Waals surface area contributed by atoms with Crippen LogP contribution in [0.15, 0.2) is 6.33 Å². The molecular formula is C14H22N4O3. The first-order chi connectivity index (χ1) is 10.1. The van der Waals surface area contributed by atoms with Gasteiger partial charge >= 0.3 is 5.82 Å². The van der Waals surface area contributed by atoms with Crippen molar-refractivity contribution < 1.29 is 10.0 Å². The molecule has 2 heterocycles. The van der Waals surface area contributed by atoms with Crippen LogP contribution in [0.1, 0.15) is 38.5 Å². The molecule has 21 heavy (non-hydrogen) atoms. The molecule has 0 radical (unpaired) electrons. The maximum absolute atomic E-state index is 11.2. The molecule has 1 saturated heterocycles. The van der Waals surface area contributed by atoms with Crippen LogP contribution in [0.3, 0.4) is 0 Å². The third-order valence-corrected chi connectivity index (χ3v) is 4.85. The zero-order chi connectivity index (χ0) is 15.0. The van der Waals surface area contributed by atoms with Crippen LogP contribution in [0.4, 0.5) is 11.6 Å². The summed E-state index contributed by atoms with van der Waals surface area (Å²) in [4.78, 5) is 16.7. The van der Waals surface area contributed by atoms with Gasteiger partial charge in [0.1, 0.15) is 0 Å². The number of aliphatic hydroxyl groups excluding tert-OH is 1. The van der Waals surface area contributed by atoms with Crippen molar-refractivity contribution in [1.82, 2.24) is 9.55 Å². The minimum Gasteiger partial charge on any atom is -0.391 e. The smallest absolute Gasteiger partial charge is 0.391 e. The van der Waals surface area contributed by atoms with Crippen molar-refractivity contribution in [2.24, 2.45) is 13.0 Å². The molecule has 0 aromatic carbocycles. The van der Waals surface area contributed by atoms with E-state index < -0.39 is 11.0 Å². The molecule has 0 spiro atoms. The Bertz CT molecular complexity index is 524. The van der Waals surface area contributed by atoms with Gasteiger partial charge < -0.3 is 20.1 Å². The van der Waals surface area contributed by atoms with Gasteiger partial charge in [0.25, 0.3) is 0 Å². The van der Waals surface area contributed by atoms with Gasteiger partial charge in [-0.15, -0.1) is 0 Å². The van der Waals surface area contributed by atoms with E-state index >= 15 is 0 Å². The molecule has 0 amide bonds. The predicted octanol–water partition coefficient (Wildman–Crippen LogP) is 1.85. The van der Waals surface area contributed by atoms with E-state index in [9.17, 15) is 15.2 Å². The molecule has 1 N–H and O–H groups in total. The first kappa shape index (κ1) is 14.3. The Morgan fingerprint density at radius 1 is 1.38 bits per heavy atom. The summed E-state index contributed by atoms with van der Waals surface area (Å²) in [5.74, 6) is 0.949. The average molecular weight is 294 g/mol. The maximum atomic E-state index is 11.2. The van der Waals surface area contributed by atoms with Gasteiger partial charge in [0.15, 0.2) is 0 Å². The molecule has 1 saturated carbocycles. The van der Waals surface area contributed by atoms with Crippen molar-refractivity contribution in [3.63, 3.8) is 0 Å². The topological polar surface area (TPSA) is 84.4 Å². The lowest BCUT2D eigenvalue weighted by Gasteiger charge is -2.34. The third kappa shape index (κ3) is 2.62. The third-order valence-electron chi connectivity index (χ3n) is 4.85. The number of hydrogen-bond donors (Lipinski definition) is 1. The SMILES string of the molecule is Cn1cnc([N+](=O)[O-])c1N1C[C@@H](O)C[C@@H]1C1CCCCC1. The van der Waals surface area contributed by atoms with Crippen LogP contribution >= 0.6 is 0 Å². The highest BCUT2D eigenvalue weighted by Gasteiger charge is 2.41. The van der Waals surface area contributed by atoms with E-state index in [0.29, 0.717) is 24.7 Å². The molecule has 0 bridgehead atoms. The Morgan fingerprint density at radius 3 is 2.76 bits per heavy atom. The summed E-state index contributed by atoms with van der Waals surface area (Å²) in [6.45, 7) is 0.460. The Labute approximate surface area is 123 Å². The van der Waals surface area contributed by atoms with Gasteiger partial charge in [-0.2, -0.15) is 0 Å². The van der Waals surface area contributed by atoms with Crippen molar-refractivity contribution >= 4 is 11.6 Å². The molecule has 7 heteroatoms. The van der Waals surface area contributed by atoms with E-state index in [0.717, 1.165) is 12.8 Å². The summed E-state index contributed by atoms with van der Waals surface area (Å²) in [5.41, 5.74) is 0. The Balaban J connectivity index is 1.91. The highest BCUT2D eigenvalue weighted by Crippen LogP contribution is 2.39. The van der Waals surface area contributed by atoms with E-state index in [1.807, 2.05) is 4.90 Å².